The summed E-state index contributed by atoms with van der Waals surface area (Å²) in [6.07, 6.45) is -0.714. The van der Waals surface area contributed by atoms with Gasteiger partial charge in [0.1, 0.15) is 12.7 Å². The summed E-state index contributed by atoms with van der Waals surface area (Å²) in [5.74, 6) is -0.770. The second-order valence-electron chi connectivity index (χ2n) is 6.69. The Morgan fingerprint density at radius 1 is 0.741 bits per heavy atom. The van der Waals surface area contributed by atoms with Crippen LogP contribution in [0.15, 0.2) is 48.5 Å². The highest BCUT2D eigenvalue weighted by Gasteiger charge is 2.15. The predicted molar refractivity (Wildman–Crippen MR) is 103 cm³/mol. The highest BCUT2D eigenvalue weighted by Crippen LogP contribution is 2.08. The van der Waals surface area contributed by atoms with Crippen LogP contribution in [0.3, 0.4) is 0 Å². The highest BCUT2D eigenvalue weighted by molar-refractivity contribution is 5.89. The number of esters is 2. The normalized spacial score (nSPS) is 12.9. The highest BCUT2D eigenvalue weighted by atomic mass is 16.6. The number of hydrogen-bond acceptors (Lipinski definition) is 5. The fraction of sp³-hybridized carbons (Fsp3) is 0.364. The van der Waals surface area contributed by atoms with E-state index in [0.717, 1.165) is 11.1 Å². The van der Waals surface area contributed by atoms with Crippen LogP contribution in [-0.2, 0) is 14.2 Å². The maximum absolute atomic E-state index is 12.1. The molecule has 0 saturated heterocycles. The first-order valence-corrected chi connectivity index (χ1v) is 8.98. The van der Waals surface area contributed by atoms with Gasteiger partial charge in [0, 0.05) is 0 Å². The van der Waals surface area contributed by atoms with E-state index in [9.17, 15) is 9.59 Å². The molecule has 0 radical (unpaired) electrons. The van der Waals surface area contributed by atoms with Crippen LogP contribution in [0.25, 0.3) is 0 Å². The van der Waals surface area contributed by atoms with Crippen molar-refractivity contribution in [1.29, 1.82) is 0 Å². The molecule has 0 amide bonds. The topological polar surface area (TPSA) is 61.8 Å². The number of ether oxygens (including phenoxy) is 3. The summed E-state index contributed by atoms with van der Waals surface area (Å²) >= 11 is 0. The van der Waals surface area contributed by atoms with Gasteiger partial charge in [0.05, 0.1) is 23.8 Å². The number of aryl methyl sites for hydroxylation is 2. The van der Waals surface area contributed by atoms with Crippen LogP contribution in [0.4, 0.5) is 0 Å². The van der Waals surface area contributed by atoms with Gasteiger partial charge in [0.15, 0.2) is 0 Å². The van der Waals surface area contributed by atoms with Gasteiger partial charge in [-0.25, -0.2) is 9.59 Å². The van der Waals surface area contributed by atoms with E-state index in [1.165, 1.54) is 0 Å². The lowest BCUT2D eigenvalue weighted by molar-refractivity contribution is -0.0379. The zero-order chi connectivity index (χ0) is 19.8. The fourth-order valence-corrected chi connectivity index (χ4v) is 2.29. The Morgan fingerprint density at radius 2 is 1.22 bits per heavy atom. The summed E-state index contributed by atoms with van der Waals surface area (Å²) in [5, 5.41) is 0. The molecule has 0 aliphatic rings. The van der Waals surface area contributed by atoms with Crippen LogP contribution in [0.2, 0.25) is 0 Å². The molecule has 2 aromatic rings. The number of rotatable bonds is 8. The smallest absolute Gasteiger partial charge is 0.338 e. The van der Waals surface area contributed by atoms with Crippen molar-refractivity contribution in [2.24, 2.45) is 0 Å². The lowest BCUT2D eigenvalue weighted by atomic mass is 10.1. The summed E-state index contributed by atoms with van der Waals surface area (Å²) in [7, 11) is 0. The Balaban J connectivity index is 1.70. The predicted octanol–water partition coefficient (Wildman–Crippen LogP) is 4.11. The second-order valence-corrected chi connectivity index (χ2v) is 6.69. The molecule has 0 aromatic heterocycles. The zero-order valence-corrected chi connectivity index (χ0v) is 16.2. The average molecular weight is 370 g/mol. The molecule has 27 heavy (non-hydrogen) atoms. The number of carbonyl (C=O) groups is 2. The zero-order valence-electron chi connectivity index (χ0n) is 16.2. The van der Waals surface area contributed by atoms with Gasteiger partial charge in [-0.2, -0.15) is 0 Å². The van der Waals surface area contributed by atoms with Crippen LogP contribution in [0, 0.1) is 13.8 Å². The monoisotopic (exact) mass is 370 g/mol. The summed E-state index contributed by atoms with van der Waals surface area (Å²) < 4.78 is 16.2. The van der Waals surface area contributed by atoms with Crippen molar-refractivity contribution in [2.75, 3.05) is 13.2 Å². The van der Waals surface area contributed by atoms with Crippen molar-refractivity contribution < 1.29 is 23.8 Å². The van der Waals surface area contributed by atoms with Crippen LogP contribution in [0.5, 0.6) is 0 Å². The molecular formula is C22H26O5. The first-order valence-electron chi connectivity index (χ1n) is 8.98. The Labute approximate surface area is 160 Å². The minimum absolute atomic E-state index is 0.130. The third-order valence-electron chi connectivity index (χ3n) is 3.95. The van der Waals surface area contributed by atoms with Crippen LogP contribution in [0.1, 0.15) is 45.7 Å². The lowest BCUT2D eigenvalue weighted by Crippen LogP contribution is -2.26. The van der Waals surface area contributed by atoms with Crippen molar-refractivity contribution >= 4 is 11.9 Å². The van der Waals surface area contributed by atoms with Crippen molar-refractivity contribution in [3.05, 3.63) is 70.8 Å². The van der Waals surface area contributed by atoms with Gasteiger partial charge in [-0.1, -0.05) is 35.4 Å². The van der Waals surface area contributed by atoms with Crippen molar-refractivity contribution in [3.63, 3.8) is 0 Å². The molecule has 2 unspecified atom stereocenters. The van der Waals surface area contributed by atoms with Crippen molar-refractivity contribution in [3.8, 4) is 0 Å². The maximum atomic E-state index is 12.1. The molecule has 2 rings (SSSR count). The Bertz CT molecular complexity index is 749. The molecule has 0 aliphatic carbocycles. The number of benzene rings is 2. The lowest BCUT2D eigenvalue weighted by Gasteiger charge is -2.18. The van der Waals surface area contributed by atoms with Gasteiger partial charge in [-0.15, -0.1) is 0 Å². The van der Waals surface area contributed by atoms with E-state index >= 15 is 0 Å². The van der Waals surface area contributed by atoms with Gasteiger partial charge in [0.25, 0.3) is 0 Å². The number of carbonyl (C=O) groups excluding carboxylic acids is 2. The molecule has 0 aliphatic heterocycles. The van der Waals surface area contributed by atoms with Crippen LogP contribution in [-0.4, -0.2) is 37.4 Å². The molecule has 2 aromatic carbocycles. The number of hydrogen-bond donors (Lipinski definition) is 0. The van der Waals surface area contributed by atoms with E-state index in [-0.39, 0.29) is 31.3 Å². The molecule has 2 atom stereocenters. The Hall–Kier alpha value is -2.66. The van der Waals surface area contributed by atoms with E-state index in [0.29, 0.717) is 11.1 Å². The maximum Gasteiger partial charge on any atom is 0.338 e. The summed E-state index contributed by atoms with van der Waals surface area (Å²) in [6.45, 7) is 7.83. The van der Waals surface area contributed by atoms with Gasteiger partial charge in [0.2, 0.25) is 0 Å². The first kappa shape index (κ1) is 20.6. The second kappa shape index (κ2) is 9.88. The average Bonchev–Trinajstić information content (AvgIpc) is 2.65. The molecule has 0 bridgehead atoms. The van der Waals surface area contributed by atoms with Gasteiger partial charge in [-0.05, 0) is 52.0 Å². The molecule has 0 saturated carbocycles. The van der Waals surface area contributed by atoms with E-state index in [2.05, 4.69) is 0 Å². The summed E-state index contributed by atoms with van der Waals surface area (Å²) in [4.78, 5) is 24.0. The standard InChI is InChI=1S/C22H26O5/c1-15-5-9-19(10-6-15)21(23)26-13-17(3)25-14-18(4)27-22(24)20-11-7-16(2)8-12-20/h5-12,17-18H,13-14H2,1-4H3. The van der Waals surface area contributed by atoms with E-state index < -0.39 is 6.10 Å². The molecule has 0 fully saturated rings. The fourth-order valence-electron chi connectivity index (χ4n) is 2.29. The van der Waals surface area contributed by atoms with Gasteiger partial charge in [-0.3, -0.25) is 0 Å². The minimum atomic E-state index is -0.408. The minimum Gasteiger partial charge on any atom is -0.459 e. The quantitative estimate of drug-likeness (QED) is 0.655. The van der Waals surface area contributed by atoms with E-state index in [1.54, 1.807) is 38.1 Å². The molecule has 0 spiro atoms. The summed E-state index contributed by atoms with van der Waals surface area (Å²) in [5.41, 5.74) is 3.18. The van der Waals surface area contributed by atoms with Crippen molar-refractivity contribution in [2.45, 2.75) is 39.9 Å². The molecule has 0 N–H and O–H groups in total. The van der Waals surface area contributed by atoms with E-state index in [1.807, 2.05) is 38.1 Å². The third-order valence-corrected chi connectivity index (χ3v) is 3.95. The van der Waals surface area contributed by atoms with Crippen LogP contribution < -0.4 is 0 Å². The van der Waals surface area contributed by atoms with Crippen LogP contribution >= 0.6 is 0 Å². The SMILES string of the molecule is Cc1ccc(C(=O)OCC(C)OCC(C)OC(=O)c2ccc(C)cc2)cc1. The largest absolute Gasteiger partial charge is 0.459 e. The molecular weight excluding hydrogens is 344 g/mol. The van der Waals surface area contributed by atoms with Gasteiger partial charge >= 0.3 is 11.9 Å². The molecule has 5 nitrogen and oxygen atoms in total. The van der Waals surface area contributed by atoms with Gasteiger partial charge < -0.3 is 14.2 Å². The Kier molecular flexibility index (Phi) is 7.55. The first-order chi connectivity index (χ1) is 12.8. The van der Waals surface area contributed by atoms with E-state index in [4.69, 9.17) is 14.2 Å². The third kappa shape index (κ3) is 6.87. The van der Waals surface area contributed by atoms with Crippen molar-refractivity contribution in [1.82, 2.24) is 0 Å². The molecule has 144 valence electrons. The summed E-state index contributed by atoms with van der Waals surface area (Å²) in [6, 6.07) is 14.4. The molecule has 5 heteroatoms. The Morgan fingerprint density at radius 3 is 1.74 bits per heavy atom. The molecule has 0 heterocycles.